The molecular formula is C22H34O6. The molecule has 2 bridgehead atoms. The number of Topliss-reactive ketones (excluding diaryl/α,β-unsaturated/α-hetero) is 1. The molecule has 6 nitrogen and oxygen atoms in total. The summed E-state index contributed by atoms with van der Waals surface area (Å²) >= 11 is 0. The van der Waals surface area contributed by atoms with E-state index in [2.05, 4.69) is 6.92 Å². The van der Waals surface area contributed by atoms with Crippen molar-refractivity contribution in [3.63, 3.8) is 0 Å². The highest BCUT2D eigenvalue weighted by molar-refractivity contribution is 5.93. The van der Waals surface area contributed by atoms with Crippen LogP contribution in [0.4, 0.5) is 0 Å². The Balaban J connectivity index is 2.01. The van der Waals surface area contributed by atoms with E-state index < -0.39 is 46.4 Å². The third-order valence-corrected chi connectivity index (χ3v) is 9.31. The molecule has 4 rings (SSSR count). The van der Waals surface area contributed by atoms with Crippen molar-refractivity contribution < 1.29 is 30.0 Å². The number of carbonyl (C=O) groups is 1. The van der Waals surface area contributed by atoms with E-state index in [1.54, 1.807) is 13.8 Å². The molecule has 0 aromatic carbocycles. The molecule has 1 saturated heterocycles. The van der Waals surface area contributed by atoms with E-state index in [0.717, 1.165) is 0 Å². The summed E-state index contributed by atoms with van der Waals surface area (Å²) in [6.07, 6.45) is -3.04. The Labute approximate surface area is 166 Å². The summed E-state index contributed by atoms with van der Waals surface area (Å²) in [5.74, 6) is -1.20. The van der Waals surface area contributed by atoms with Gasteiger partial charge in [-0.2, -0.15) is 0 Å². The maximum atomic E-state index is 13.7. The fraction of sp³-hybridized carbons (Fsp3) is 0.864. The minimum absolute atomic E-state index is 0.141. The molecule has 9 atom stereocenters. The molecule has 28 heavy (non-hydrogen) atoms. The van der Waals surface area contributed by atoms with Crippen LogP contribution >= 0.6 is 0 Å². The molecule has 0 aromatic rings. The minimum Gasteiger partial charge on any atom is -0.392 e. The zero-order chi connectivity index (χ0) is 21.0. The molecule has 2 unspecified atom stereocenters. The lowest BCUT2D eigenvalue weighted by Crippen LogP contribution is -2.75. The highest BCUT2D eigenvalue weighted by Gasteiger charge is 2.72. The molecule has 0 spiro atoms. The molecule has 3 fully saturated rings. The fourth-order valence-electron chi connectivity index (χ4n) is 7.46. The summed E-state index contributed by atoms with van der Waals surface area (Å²) in [4.78, 5) is 13.7. The quantitative estimate of drug-likeness (QED) is 0.460. The maximum Gasteiger partial charge on any atom is 0.174 e. The number of aliphatic hydroxyl groups is 4. The van der Waals surface area contributed by atoms with Crippen LogP contribution in [-0.2, 0) is 9.53 Å². The van der Waals surface area contributed by atoms with Crippen LogP contribution in [0.25, 0.3) is 0 Å². The zero-order valence-electron chi connectivity index (χ0n) is 17.7. The maximum absolute atomic E-state index is 13.7. The van der Waals surface area contributed by atoms with Gasteiger partial charge in [-0.15, -0.1) is 0 Å². The van der Waals surface area contributed by atoms with Gasteiger partial charge in [0.2, 0.25) is 0 Å². The molecule has 1 aliphatic heterocycles. The van der Waals surface area contributed by atoms with Crippen molar-refractivity contribution in [1.29, 1.82) is 0 Å². The number of carbonyl (C=O) groups excluding carboxylic acids is 1. The van der Waals surface area contributed by atoms with Gasteiger partial charge in [-0.1, -0.05) is 27.7 Å². The number of ether oxygens (including phenoxy) is 1. The van der Waals surface area contributed by atoms with Gasteiger partial charge < -0.3 is 25.2 Å². The summed E-state index contributed by atoms with van der Waals surface area (Å²) in [5.41, 5.74) is -2.87. The predicted molar refractivity (Wildman–Crippen MR) is 102 cm³/mol. The van der Waals surface area contributed by atoms with Crippen LogP contribution in [-0.4, -0.2) is 62.8 Å². The monoisotopic (exact) mass is 394 g/mol. The van der Waals surface area contributed by atoms with Crippen molar-refractivity contribution in [2.24, 2.45) is 28.1 Å². The SMILES string of the molecule is CC1=C2[C@@H](O)C(=O)[C@@]3(C)C(C(C)[C@](O)(C[C@@H]1O)C2(C)C)[C@]1(C)CO[C@@H]1C[C@@H]3O. The average Bonchev–Trinajstić information content (AvgIpc) is 2.60. The van der Waals surface area contributed by atoms with Crippen molar-refractivity contribution in [3.8, 4) is 0 Å². The number of hydrogen-bond acceptors (Lipinski definition) is 6. The number of ketones is 1. The fourth-order valence-corrected chi connectivity index (χ4v) is 7.46. The number of rotatable bonds is 0. The second-order valence-corrected chi connectivity index (χ2v) is 10.7. The van der Waals surface area contributed by atoms with Gasteiger partial charge in [-0.3, -0.25) is 4.79 Å². The Morgan fingerprint density at radius 1 is 1.11 bits per heavy atom. The lowest BCUT2D eigenvalue weighted by atomic mass is 9.40. The Morgan fingerprint density at radius 2 is 1.71 bits per heavy atom. The molecule has 0 amide bonds. The second-order valence-electron chi connectivity index (χ2n) is 10.7. The summed E-state index contributed by atoms with van der Waals surface area (Å²) in [6, 6.07) is 0. The number of hydrogen-bond donors (Lipinski definition) is 4. The van der Waals surface area contributed by atoms with Gasteiger partial charge in [0.15, 0.2) is 5.78 Å². The Bertz CT molecular complexity index is 758. The molecule has 4 N–H and O–H groups in total. The normalized spacial score (nSPS) is 55.6. The number of aliphatic hydroxyl groups excluding tert-OH is 3. The molecule has 6 heteroatoms. The molecule has 158 valence electrons. The second kappa shape index (κ2) is 5.67. The topological polar surface area (TPSA) is 107 Å². The Kier molecular flexibility index (Phi) is 4.15. The van der Waals surface area contributed by atoms with Crippen molar-refractivity contribution in [2.75, 3.05) is 6.61 Å². The Hall–Kier alpha value is -0.790. The van der Waals surface area contributed by atoms with Gasteiger partial charge in [-0.05, 0) is 36.8 Å². The third kappa shape index (κ3) is 2.04. The standard InChI is InChI=1S/C22H34O6/c1-10-12(23)8-22(27)11(2)17-20(5)9-28-14(20)7-13(24)21(17,6)18(26)16(25)15(10)19(22,3)4/h11-14,16-17,23-25,27H,7-9H2,1-6H3/t11?,12-,13-,14+,16+,17?,20+,21+,22+/m0/s1. The van der Waals surface area contributed by atoms with E-state index in [9.17, 15) is 25.2 Å². The molecule has 2 saturated carbocycles. The van der Waals surface area contributed by atoms with E-state index >= 15 is 0 Å². The first-order valence-electron chi connectivity index (χ1n) is 10.4. The summed E-state index contributed by atoms with van der Waals surface area (Å²) in [5, 5.41) is 45.0. The van der Waals surface area contributed by atoms with E-state index in [0.29, 0.717) is 24.2 Å². The van der Waals surface area contributed by atoms with Gasteiger partial charge in [-0.25, -0.2) is 0 Å². The third-order valence-electron chi connectivity index (χ3n) is 9.31. The van der Waals surface area contributed by atoms with Gasteiger partial charge in [0.25, 0.3) is 0 Å². The van der Waals surface area contributed by atoms with Crippen LogP contribution in [0.5, 0.6) is 0 Å². The highest BCUT2D eigenvalue weighted by atomic mass is 16.5. The Morgan fingerprint density at radius 3 is 2.25 bits per heavy atom. The smallest absolute Gasteiger partial charge is 0.174 e. The summed E-state index contributed by atoms with van der Waals surface area (Å²) < 4.78 is 5.74. The van der Waals surface area contributed by atoms with E-state index in [1.807, 2.05) is 20.8 Å². The van der Waals surface area contributed by atoms with Crippen molar-refractivity contribution >= 4 is 5.78 Å². The molecule has 3 aliphatic carbocycles. The van der Waals surface area contributed by atoms with Crippen LogP contribution in [0, 0.1) is 28.1 Å². The van der Waals surface area contributed by atoms with Crippen molar-refractivity contribution in [1.82, 2.24) is 0 Å². The molecule has 0 radical (unpaired) electrons. The first-order chi connectivity index (χ1) is 12.7. The van der Waals surface area contributed by atoms with Gasteiger partial charge in [0.05, 0.1) is 35.9 Å². The first-order valence-corrected chi connectivity index (χ1v) is 10.4. The number of fused-ring (bicyclic) bond motifs is 5. The van der Waals surface area contributed by atoms with E-state index in [1.165, 1.54) is 0 Å². The summed E-state index contributed by atoms with van der Waals surface area (Å²) in [6.45, 7) is 11.6. The zero-order valence-corrected chi connectivity index (χ0v) is 17.7. The highest BCUT2D eigenvalue weighted by Crippen LogP contribution is 2.66. The van der Waals surface area contributed by atoms with Crippen LogP contribution in [0.1, 0.15) is 54.4 Å². The van der Waals surface area contributed by atoms with Crippen LogP contribution < -0.4 is 0 Å². The lowest BCUT2D eigenvalue weighted by molar-refractivity contribution is -0.302. The van der Waals surface area contributed by atoms with Crippen LogP contribution in [0.15, 0.2) is 11.1 Å². The van der Waals surface area contributed by atoms with Crippen molar-refractivity contribution in [2.45, 2.75) is 84.4 Å². The molecule has 4 aliphatic rings. The molecular weight excluding hydrogens is 360 g/mol. The van der Waals surface area contributed by atoms with Gasteiger partial charge in [0.1, 0.15) is 6.10 Å². The lowest BCUT2D eigenvalue weighted by Gasteiger charge is -2.68. The van der Waals surface area contributed by atoms with Crippen LogP contribution in [0.2, 0.25) is 0 Å². The summed E-state index contributed by atoms with van der Waals surface area (Å²) in [7, 11) is 0. The van der Waals surface area contributed by atoms with Crippen LogP contribution in [0.3, 0.4) is 0 Å². The molecule has 0 aromatic heterocycles. The van der Waals surface area contributed by atoms with Gasteiger partial charge in [0, 0.05) is 23.7 Å². The largest absolute Gasteiger partial charge is 0.392 e. The van der Waals surface area contributed by atoms with Crippen molar-refractivity contribution in [3.05, 3.63) is 11.1 Å². The first kappa shape index (κ1) is 20.5. The predicted octanol–water partition coefficient (Wildman–Crippen LogP) is 1.20. The average molecular weight is 395 g/mol. The van der Waals surface area contributed by atoms with E-state index in [-0.39, 0.29) is 23.9 Å². The van der Waals surface area contributed by atoms with E-state index in [4.69, 9.17) is 4.74 Å². The molecule has 1 heterocycles. The van der Waals surface area contributed by atoms with Gasteiger partial charge >= 0.3 is 0 Å². The minimum atomic E-state index is -1.47.